The molecule has 2 aromatic rings. The summed E-state index contributed by atoms with van der Waals surface area (Å²) in [6.45, 7) is 4.06. The third-order valence-electron chi connectivity index (χ3n) is 5.01. The van der Waals surface area contributed by atoms with Gasteiger partial charge in [0.1, 0.15) is 18.1 Å². The molecule has 5 heteroatoms. The molecule has 1 aromatic heterocycles. The maximum absolute atomic E-state index is 5.96. The van der Waals surface area contributed by atoms with E-state index in [4.69, 9.17) is 14.2 Å². The molecule has 1 aromatic carbocycles. The molecule has 0 amide bonds. The number of ether oxygens (including phenoxy) is 3. The molecule has 1 unspecified atom stereocenters. The Bertz CT molecular complexity index is 785. The Balaban J connectivity index is 1.50. The molecule has 1 atom stereocenters. The summed E-state index contributed by atoms with van der Waals surface area (Å²) in [4.78, 5) is 6.91. The first-order valence-electron chi connectivity index (χ1n) is 9.54. The SMILES string of the molecule is COc1ccc2c(c1)C=C(CN(Cc1ccccn1)CC1CCCO1)CO2. The van der Waals surface area contributed by atoms with Crippen LogP contribution in [-0.4, -0.2) is 49.4 Å². The molecular formula is C22H26N2O3. The minimum Gasteiger partial charge on any atom is -0.497 e. The molecule has 0 spiro atoms. The third kappa shape index (κ3) is 4.67. The highest BCUT2D eigenvalue weighted by atomic mass is 16.5. The lowest BCUT2D eigenvalue weighted by Gasteiger charge is -2.27. The van der Waals surface area contributed by atoms with Gasteiger partial charge in [-0.05, 0) is 54.8 Å². The van der Waals surface area contributed by atoms with Crippen molar-refractivity contribution in [1.82, 2.24) is 9.88 Å². The van der Waals surface area contributed by atoms with Crippen LogP contribution in [0.2, 0.25) is 0 Å². The number of benzene rings is 1. The molecule has 5 nitrogen and oxygen atoms in total. The van der Waals surface area contributed by atoms with Gasteiger partial charge in [0.15, 0.2) is 0 Å². The van der Waals surface area contributed by atoms with Gasteiger partial charge >= 0.3 is 0 Å². The van der Waals surface area contributed by atoms with Crippen molar-refractivity contribution >= 4 is 6.08 Å². The molecule has 3 heterocycles. The first-order valence-corrected chi connectivity index (χ1v) is 9.54. The predicted octanol–water partition coefficient (Wildman–Crippen LogP) is 3.55. The molecule has 0 saturated carbocycles. The van der Waals surface area contributed by atoms with E-state index in [1.54, 1.807) is 7.11 Å². The van der Waals surface area contributed by atoms with Crippen molar-refractivity contribution in [2.45, 2.75) is 25.5 Å². The fourth-order valence-corrected chi connectivity index (χ4v) is 3.69. The van der Waals surface area contributed by atoms with Crippen molar-refractivity contribution in [2.75, 3.05) is 33.4 Å². The molecule has 1 saturated heterocycles. The standard InChI is InChI=1S/C22H26N2O3/c1-25-20-7-8-22-18(12-20)11-17(16-27-22)13-24(15-21-6-4-10-26-21)14-19-5-2-3-9-23-19/h2-3,5,7-9,11-12,21H,4,6,10,13-16H2,1H3. The second-order valence-corrected chi connectivity index (χ2v) is 7.12. The van der Waals surface area contributed by atoms with E-state index in [-0.39, 0.29) is 0 Å². The normalized spacial score (nSPS) is 18.7. The summed E-state index contributed by atoms with van der Waals surface area (Å²) in [5.41, 5.74) is 3.41. The lowest BCUT2D eigenvalue weighted by molar-refractivity contribution is 0.0727. The van der Waals surface area contributed by atoms with E-state index < -0.39 is 0 Å². The Hall–Kier alpha value is -2.37. The van der Waals surface area contributed by atoms with Crippen LogP contribution in [0.5, 0.6) is 11.5 Å². The largest absolute Gasteiger partial charge is 0.497 e. The highest BCUT2D eigenvalue weighted by Gasteiger charge is 2.22. The molecular weight excluding hydrogens is 340 g/mol. The lowest BCUT2D eigenvalue weighted by Crippen LogP contribution is -2.34. The summed E-state index contributed by atoms with van der Waals surface area (Å²) < 4.78 is 17.2. The summed E-state index contributed by atoms with van der Waals surface area (Å²) in [6.07, 6.45) is 6.68. The predicted molar refractivity (Wildman–Crippen MR) is 105 cm³/mol. The number of aromatic nitrogens is 1. The van der Waals surface area contributed by atoms with Crippen LogP contribution in [0, 0.1) is 0 Å². The lowest BCUT2D eigenvalue weighted by atomic mass is 10.1. The molecule has 0 bridgehead atoms. The minimum atomic E-state index is 0.311. The maximum atomic E-state index is 5.96. The van der Waals surface area contributed by atoms with Gasteiger partial charge in [0.2, 0.25) is 0 Å². The van der Waals surface area contributed by atoms with Crippen LogP contribution in [0.25, 0.3) is 6.08 Å². The Morgan fingerprint density at radius 2 is 2.19 bits per heavy atom. The van der Waals surface area contributed by atoms with Gasteiger partial charge in [-0.2, -0.15) is 0 Å². The van der Waals surface area contributed by atoms with Gasteiger partial charge < -0.3 is 14.2 Å². The minimum absolute atomic E-state index is 0.311. The second-order valence-electron chi connectivity index (χ2n) is 7.12. The first kappa shape index (κ1) is 18.0. The van der Waals surface area contributed by atoms with Crippen molar-refractivity contribution in [3.8, 4) is 11.5 Å². The van der Waals surface area contributed by atoms with Crippen molar-refractivity contribution < 1.29 is 14.2 Å². The Kier molecular flexibility index (Phi) is 5.70. The molecule has 4 rings (SSSR count). The summed E-state index contributed by atoms with van der Waals surface area (Å²) in [6, 6.07) is 12.0. The number of fused-ring (bicyclic) bond motifs is 1. The van der Waals surface area contributed by atoms with Gasteiger partial charge in [-0.3, -0.25) is 9.88 Å². The number of methoxy groups -OCH3 is 1. The molecule has 0 radical (unpaired) electrons. The number of hydrogen-bond acceptors (Lipinski definition) is 5. The molecule has 1 fully saturated rings. The summed E-state index contributed by atoms with van der Waals surface area (Å²) in [5.74, 6) is 1.76. The Labute approximate surface area is 160 Å². The van der Waals surface area contributed by atoms with Crippen LogP contribution in [-0.2, 0) is 11.3 Å². The Morgan fingerprint density at radius 3 is 2.96 bits per heavy atom. The van der Waals surface area contributed by atoms with E-state index in [0.29, 0.717) is 12.7 Å². The van der Waals surface area contributed by atoms with Crippen molar-refractivity contribution in [2.24, 2.45) is 0 Å². The molecule has 0 aliphatic carbocycles. The van der Waals surface area contributed by atoms with Gasteiger partial charge in [-0.15, -0.1) is 0 Å². The zero-order valence-electron chi connectivity index (χ0n) is 15.8. The monoisotopic (exact) mass is 366 g/mol. The highest BCUT2D eigenvalue weighted by Crippen LogP contribution is 2.30. The molecule has 2 aliphatic heterocycles. The van der Waals surface area contributed by atoms with Crippen LogP contribution < -0.4 is 9.47 Å². The van der Waals surface area contributed by atoms with Gasteiger partial charge in [-0.1, -0.05) is 6.07 Å². The summed E-state index contributed by atoms with van der Waals surface area (Å²) in [5, 5.41) is 0. The number of nitrogens with zero attached hydrogens (tertiary/aromatic N) is 2. The first-order chi connectivity index (χ1) is 13.3. The van der Waals surface area contributed by atoms with Gasteiger partial charge in [0.05, 0.1) is 18.9 Å². The quantitative estimate of drug-likeness (QED) is 0.750. The van der Waals surface area contributed by atoms with E-state index in [1.807, 2.05) is 36.5 Å². The topological polar surface area (TPSA) is 43.8 Å². The molecule has 142 valence electrons. The fourth-order valence-electron chi connectivity index (χ4n) is 3.69. The van der Waals surface area contributed by atoms with Gasteiger partial charge in [-0.25, -0.2) is 0 Å². The van der Waals surface area contributed by atoms with Crippen LogP contribution in [0.15, 0.2) is 48.2 Å². The highest BCUT2D eigenvalue weighted by molar-refractivity contribution is 5.64. The zero-order valence-corrected chi connectivity index (χ0v) is 15.8. The van der Waals surface area contributed by atoms with E-state index in [0.717, 1.165) is 61.8 Å². The van der Waals surface area contributed by atoms with Crippen LogP contribution in [0.3, 0.4) is 0 Å². The van der Waals surface area contributed by atoms with Crippen molar-refractivity contribution in [1.29, 1.82) is 0 Å². The smallest absolute Gasteiger partial charge is 0.127 e. The molecule has 2 aliphatic rings. The van der Waals surface area contributed by atoms with E-state index in [1.165, 1.54) is 5.57 Å². The van der Waals surface area contributed by atoms with Gasteiger partial charge in [0.25, 0.3) is 0 Å². The molecule has 27 heavy (non-hydrogen) atoms. The van der Waals surface area contributed by atoms with E-state index in [2.05, 4.69) is 22.0 Å². The van der Waals surface area contributed by atoms with Gasteiger partial charge in [0, 0.05) is 38.0 Å². The zero-order chi connectivity index (χ0) is 18.5. The van der Waals surface area contributed by atoms with E-state index >= 15 is 0 Å². The fraction of sp³-hybridized carbons (Fsp3) is 0.409. The summed E-state index contributed by atoms with van der Waals surface area (Å²) in [7, 11) is 1.69. The maximum Gasteiger partial charge on any atom is 0.127 e. The van der Waals surface area contributed by atoms with Crippen molar-refractivity contribution in [3.05, 3.63) is 59.4 Å². The average molecular weight is 366 g/mol. The van der Waals surface area contributed by atoms with Crippen LogP contribution in [0.1, 0.15) is 24.1 Å². The molecule has 0 N–H and O–H groups in total. The van der Waals surface area contributed by atoms with Crippen LogP contribution in [0.4, 0.5) is 0 Å². The van der Waals surface area contributed by atoms with E-state index in [9.17, 15) is 0 Å². The number of rotatable bonds is 7. The summed E-state index contributed by atoms with van der Waals surface area (Å²) >= 11 is 0. The second kappa shape index (κ2) is 8.55. The average Bonchev–Trinajstić information content (AvgIpc) is 3.21. The number of pyridine rings is 1. The van der Waals surface area contributed by atoms with Crippen molar-refractivity contribution in [3.63, 3.8) is 0 Å². The Morgan fingerprint density at radius 1 is 1.22 bits per heavy atom. The third-order valence-corrected chi connectivity index (χ3v) is 5.01. The van der Waals surface area contributed by atoms with Crippen LogP contribution >= 0.6 is 0 Å². The number of hydrogen-bond donors (Lipinski definition) is 0.